The maximum Gasteiger partial charge on any atom is 0.237 e. The van der Waals surface area contributed by atoms with E-state index in [0.717, 1.165) is 16.7 Å². The number of carbonyl (C=O) groups is 1. The van der Waals surface area contributed by atoms with Gasteiger partial charge in [-0.15, -0.1) is 0 Å². The van der Waals surface area contributed by atoms with Gasteiger partial charge in [0.15, 0.2) is 0 Å². The van der Waals surface area contributed by atoms with E-state index >= 15 is 0 Å². The molecule has 0 N–H and O–H groups in total. The van der Waals surface area contributed by atoms with Crippen LogP contribution in [0.2, 0.25) is 0 Å². The Morgan fingerprint density at radius 1 is 1.26 bits per heavy atom. The Balaban J connectivity index is 2.14. The van der Waals surface area contributed by atoms with Crippen LogP contribution in [0.4, 0.5) is 0 Å². The highest BCUT2D eigenvalue weighted by atomic mass is 35.7. The first-order valence-corrected chi connectivity index (χ1v) is 8.41. The lowest BCUT2D eigenvalue weighted by molar-refractivity contribution is -0.128. The van der Waals surface area contributed by atoms with Gasteiger partial charge in [-0.25, -0.2) is 8.42 Å². The number of nitrogens with zero attached hydrogens (tertiary/aromatic N) is 1. The SMILES string of the molecule is Cc1cc(C)cc(CN2CC(S(=O)(=O)Cl)CC2=O)c1. The molecule has 0 spiro atoms. The number of halogens is 1. The summed E-state index contributed by atoms with van der Waals surface area (Å²) in [6.07, 6.45) is -0.0172. The second-order valence-electron chi connectivity index (χ2n) is 5.07. The van der Waals surface area contributed by atoms with Crippen molar-refractivity contribution in [3.63, 3.8) is 0 Å². The predicted octanol–water partition coefficient (Wildman–Crippen LogP) is 1.97. The Labute approximate surface area is 117 Å². The van der Waals surface area contributed by atoms with Crippen LogP contribution in [0.1, 0.15) is 23.1 Å². The quantitative estimate of drug-likeness (QED) is 0.802. The molecule has 1 aliphatic heterocycles. The minimum Gasteiger partial charge on any atom is -0.337 e. The topological polar surface area (TPSA) is 54.5 Å². The average molecular weight is 302 g/mol. The third kappa shape index (κ3) is 3.48. The van der Waals surface area contributed by atoms with E-state index < -0.39 is 14.3 Å². The number of hydrogen-bond donors (Lipinski definition) is 0. The van der Waals surface area contributed by atoms with E-state index in [-0.39, 0.29) is 18.9 Å². The van der Waals surface area contributed by atoms with Gasteiger partial charge >= 0.3 is 0 Å². The molecule has 1 aliphatic rings. The fourth-order valence-corrected chi connectivity index (χ4v) is 3.52. The smallest absolute Gasteiger partial charge is 0.237 e. The molecule has 104 valence electrons. The molecule has 0 radical (unpaired) electrons. The van der Waals surface area contributed by atoms with Gasteiger partial charge < -0.3 is 4.90 Å². The van der Waals surface area contributed by atoms with Crippen LogP contribution >= 0.6 is 10.7 Å². The van der Waals surface area contributed by atoms with E-state index in [2.05, 4.69) is 6.07 Å². The third-order valence-corrected chi connectivity index (χ3v) is 5.10. The summed E-state index contributed by atoms with van der Waals surface area (Å²) in [5, 5.41) is -0.785. The van der Waals surface area contributed by atoms with E-state index in [1.165, 1.54) is 0 Å². The maximum absolute atomic E-state index is 11.8. The number of benzene rings is 1. The predicted molar refractivity (Wildman–Crippen MR) is 74.5 cm³/mol. The largest absolute Gasteiger partial charge is 0.337 e. The first-order valence-electron chi connectivity index (χ1n) is 6.04. The van der Waals surface area contributed by atoms with Crippen molar-refractivity contribution in [2.75, 3.05) is 6.54 Å². The van der Waals surface area contributed by atoms with E-state index in [1.807, 2.05) is 26.0 Å². The Hall–Kier alpha value is -1.07. The molecule has 1 amide bonds. The zero-order valence-electron chi connectivity index (χ0n) is 10.9. The second-order valence-corrected chi connectivity index (χ2v) is 7.98. The minimum absolute atomic E-state index is 0.0172. The van der Waals surface area contributed by atoms with Crippen molar-refractivity contribution >= 4 is 25.6 Å². The summed E-state index contributed by atoms with van der Waals surface area (Å²) in [6, 6.07) is 6.06. The molecule has 1 aromatic rings. The van der Waals surface area contributed by atoms with Gasteiger partial charge in [0.2, 0.25) is 15.0 Å². The third-order valence-electron chi connectivity index (χ3n) is 3.23. The number of carbonyl (C=O) groups excluding carboxylic acids is 1. The van der Waals surface area contributed by atoms with Crippen LogP contribution in [-0.2, 0) is 20.4 Å². The second kappa shape index (κ2) is 5.13. The molecule has 0 bridgehead atoms. The van der Waals surface area contributed by atoms with E-state index in [9.17, 15) is 13.2 Å². The lowest BCUT2D eigenvalue weighted by atomic mass is 10.1. The van der Waals surface area contributed by atoms with E-state index in [4.69, 9.17) is 10.7 Å². The van der Waals surface area contributed by atoms with Crippen molar-refractivity contribution in [2.24, 2.45) is 0 Å². The molecule has 0 aromatic heterocycles. The average Bonchev–Trinajstić information content (AvgIpc) is 2.58. The molecule has 1 aromatic carbocycles. The molecule has 19 heavy (non-hydrogen) atoms. The van der Waals surface area contributed by atoms with E-state index in [1.54, 1.807) is 4.90 Å². The van der Waals surface area contributed by atoms with Gasteiger partial charge in [0.1, 0.15) is 5.25 Å². The Kier molecular flexibility index (Phi) is 3.87. The molecule has 1 heterocycles. The highest BCUT2D eigenvalue weighted by Crippen LogP contribution is 2.23. The molecule has 2 rings (SSSR count). The summed E-state index contributed by atoms with van der Waals surface area (Å²) < 4.78 is 22.5. The van der Waals surface area contributed by atoms with Crippen LogP contribution in [0.5, 0.6) is 0 Å². The molecule has 1 saturated heterocycles. The Bertz CT molecular complexity index is 592. The van der Waals surface area contributed by atoms with Crippen molar-refractivity contribution in [2.45, 2.75) is 32.1 Å². The number of amides is 1. The van der Waals surface area contributed by atoms with Crippen LogP contribution in [0.25, 0.3) is 0 Å². The standard InChI is InChI=1S/C13H16ClNO3S/c1-9-3-10(2)5-11(4-9)7-15-8-12(6-13(15)16)19(14,17)18/h3-5,12H,6-8H2,1-2H3. The van der Waals surface area contributed by atoms with Crippen LogP contribution in [0, 0.1) is 13.8 Å². The normalized spacial score (nSPS) is 20.1. The number of aryl methyl sites for hydroxylation is 2. The van der Waals surface area contributed by atoms with Crippen LogP contribution in [0.15, 0.2) is 18.2 Å². The minimum atomic E-state index is -3.67. The molecule has 4 nitrogen and oxygen atoms in total. The fourth-order valence-electron chi connectivity index (χ4n) is 2.46. The summed E-state index contributed by atoms with van der Waals surface area (Å²) in [4.78, 5) is 13.4. The molecular formula is C13H16ClNO3S. The fraction of sp³-hybridized carbons (Fsp3) is 0.462. The Morgan fingerprint density at radius 2 is 1.84 bits per heavy atom. The highest BCUT2D eigenvalue weighted by molar-refractivity contribution is 8.14. The van der Waals surface area contributed by atoms with Crippen LogP contribution < -0.4 is 0 Å². The zero-order valence-corrected chi connectivity index (χ0v) is 12.5. The number of rotatable bonds is 3. The molecular weight excluding hydrogens is 286 g/mol. The van der Waals surface area contributed by atoms with Crippen molar-refractivity contribution < 1.29 is 13.2 Å². The molecule has 0 saturated carbocycles. The zero-order chi connectivity index (χ0) is 14.2. The van der Waals surface area contributed by atoms with E-state index in [0.29, 0.717) is 6.54 Å². The van der Waals surface area contributed by atoms with Gasteiger partial charge in [-0.1, -0.05) is 29.3 Å². The number of likely N-dealkylation sites (tertiary alicyclic amines) is 1. The molecule has 1 unspecified atom stereocenters. The molecule has 1 atom stereocenters. The van der Waals surface area contributed by atoms with Gasteiger partial charge in [0.05, 0.1) is 0 Å². The van der Waals surface area contributed by atoms with Gasteiger partial charge in [-0.3, -0.25) is 4.79 Å². The summed E-state index contributed by atoms with van der Waals surface area (Å²) in [6.45, 7) is 4.60. The summed E-state index contributed by atoms with van der Waals surface area (Å²) in [5.41, 5.74) is 3.27. The van der Waals surface area contributed by atoms with Crippen LogP contribution in [-0.4, -0.2) is 31.0 Å². The van der Waals surface area contributed by atoms with Gasteiger partial charge in [0, 0.05) is 30.2 Å². The lowest BCUT2D eigenvalue weighted by Crippen LogP contribution is -2.26. The lowest BCUT2D eigenvalue weighted by Gasteiger charge is -2.17. The summed E-state index contributed by atoms with van der Waals surface area (Å²) in [7, 11) is 1.65. The monoisotopic (exact) mass is 301 g/mol. The van der Waals surface area contributed by atoms with Gasteiger partial charge in [-0.2, -0.15) is 0 Å². The summed E-state index contributed by atoms with van der Waals surface area (Å²) in [5.74, 6) is -0.159. The molecule has 1 fully saturated rings. The van der Waals surface area contributed by atoms with Crippen LogP contribution in [0.3, 0.4) is 0 Å². The molecule has 0 aliphatic carbocycles. The summed E-state index contributed by atoms with van der Waals surface area (Å²) >= 11 is 0. The van der Waals surface area contributed by atoms with Crippen molar-refractivity contribution in [1.29, 1.82) is 0 Å². The maximum atomic E-state index is 11.8. The van der Waals surface area contributed by atoms with Crippen molar-refractivity contribution in [3.05, 3.63) is 34.9 Å². The first kappa shape index (κ1) is 14.3. The first-order chi connectivity index (χ1) is 8.75. The number of hydrogen-bond acceptors (Lipinski definition) is 3. The Morgan fingerprint density at radius 3 is 2.32 bits per heavy atom. The van der Waals surface area contributed by atoms with Crippen molar-refractivity contribution in [1.82, 2.24) is 4.90 Å². The van der Waals surface area contributed by atoms with Crippen molar-refractivity contribution in [3.8, 4) is 0 Å². The highest BCUT2D eigenvalue weighted by Gasteiger charge is 2.37. The molecule has 6 heteroatoms. The van der Waals surface area contributed by atoms with Gasteiger partial charge in [-0.05, 0) is 19.4 Å². The van der Waals surface area contributed by atoms with Gasteiger partial charge in [0.25, 0.3) is 0 Å².